The van der Waals surface area contributed by atoms with Crippen LogP contribution in [-0.4, -0.2) is 17.3 Å². The molecule has 0 aromatic heterocycles. The van der Waals surface area contributed by atoms with Crippen LogP contribution in [0, 0.1) is 35.5 Å². The number of alkyl halides is 4. The molecule has 76 valence electrons. The molecule has 0 saturated heterocycles. The van der Waals surface area contributed by atoms with Gasteiger partial charge in [0.15, 0.2) is 0 Å². The third-order valence-corrected chi connectivity index (χ3v) is 5.77. The SMILES string of the molecule is FC1(F)C2C1C1(F)C3C4CC1C2(F)C43. The first-order chi connectivity index (χ1) is 6.46. The number of halogens is 4. The van der Waals surface area contributed by atoms with Crippen LogP contribution in [0.15, 0.2) is 0 Å². The largest absolute Gasteiger partial charge is 0.261 e. The van der Waals surface area contributed by atoms with Crippen LogP contribution in [0.3, 0.4) is 0 Å². The van der Waals surface area contributed by atoms with Gasteiger partial charge in [0.1, 0.15) is 11.3 Å². The van der Waals surface area contributed by atoms with Crippen molar-refractivity contribution in [2.75, 3.05) is 0 Å². The van der Waals surface area contributed by atoms with Gasteiger partial charge in [0.25, 0.3) is 5.92 Å². The summed E-state index contributed by atoms with van der Waals surface area (Å²) >= 11 is 0. The lowest BCUT2D eigenvalue weighted by molar-refractivity contribution is -0.0416. The zero-order valence-electron chi connectivity index (χ0n) is 7.18. The highest BCUT2D eigenvalue weighted by atomic mass is 19.3. The Morgan fingerprint density at radius 1 is 0.857 bits per heavy atom. The molecule has 0 aromatic rings. The standard InChI is InChI=1S/C10H8F4/c11-8-3-1-2-4(8)5(2)9(3,12)7-6(8)10(7,13)14/h2-7H,1H2. The summed E-state index contributed by atoms with van der Waals surface area (Å²) in [6.07, 6.45) is 0.533. The van der Waals surface area contributed by atoms with E-state index in [0.717, 1.165) is 0 Å². The van der Waals surface area contributed by atoms with Crippen molar-refractivity contribution in [3.05, 3.63) is 0 Å². The van der Waals surface area contributed by atoms with Crippen LogP contribution in [-0.2, 0) is 0 Å². The van der Waals surface area contributed by atoms with Gasteiger partial charge in [-0.3, -0.25) is 0 Å². The first kappa shape index (κ1) is 7.07. The van der Waals surface area contributed by atoms with Crippen LogP contribution in [0.2, 0.25) is 0 Å². The minimum absolute atomic E-state index is 0.110. The van der Waals surface area contributed by atoms with Crippen molar-refractivity contribution < 1.29 is 17.6 Å². The van der Waals surface area contributed by atoms with Gasteiger partial charge in [0.2, 0.25) is 0 Å². The molecule has 0 aliphatic heterocycles. The summed E-state index contributed by atoms with van der Waals surface area (Å²) in [5.41, 5.74) is -3.64. The third-order valence-electron chi connectivity index (χ3n) is 5.77. The molecule has 0 N–H and O–H groups in total. The van der Waals surface area contributed by atoms with E-state index in [1.807, 2.05) is 0 Å². The van der Waals surface area contributed by atoms with E-state index in [1.165, 1.54) is 0 Å². The van der Waals surface area contributed by atoms with Gasteiger partial charge in [-0.2, -0.15) is 0 Å². The molecule has 6 saturated carbocycles. The van der Waals surface area contributed by atoms with Crippen LogP contribution >= 0.6 is 0 Å². The molecular formula is C10H8F4. The highest BCUT2D eigenvalue weighted by Crippen LogP contribution is 2.96. The first-order valence-electron chi connectivity index (χ1n) is 5.22. The van der Waals surface area contributed by atoms with E-state index in [-0.39, 0.29) is 17.8 Å². The molecule has 0 amide bonds. The van der Waals surface area contributed by atoms with Crippen molar-refractivity contribution in [3.63, 3.8) is 0 Å². The van der Waals surface area contributed by atoms with Gasteiger partial charge in [-0.1, -0.05) is 0 Å². The molecule has 6 bridgehead atoms. The molecule has 0 nitrogen and oxygen atoms in total. The van der Waals surface area contributed by atoms with Crippen molar-refractivity contribution in [2.24, 2.45) is 35.5 Å². The Morgan fingerprint density at radius 2 is 1.36 bits per heavy atom. The average molecular weight is 204 g/mol. The molecule has 6 atom stereocenters. The van der Waals surface area contributed by atoms with Crippen LogP contribution in [0.1, 0.15) is 6.42 Å². The lowest BCUT2D eigenvalue weighted by atomic mass is 9.89. The predicted molar refractivity (Wildman–Crippen MR) is 38.2 cm³/mol. The molecule has 6 aliphatic rings. The van der Waals surface area contributed by atoms with Crippen molar-refractivity contribution in [2.45, 2.75) is 23.7 Å². The van der Waals surface area contributed by atoms with Crippen LogP contribution in [0.4, 0.5) is 17.6 Å². The number of rotatable bonds is 0. The van der Waals surface area contributed by atoms with Crippen LogP contribution < -0.4 is 0 Å². The Balaban J connectivity index is 1.82. The molecular weight excluding hydrogens is 196 g/mol. The average Bonchev–Trinajstić information content (AvgIpc) is 2.79. The lowest BCUT2D eigenvalue weighted by Crippen LogP contribution is -2.38. The summed E-state index contributed by atoms with van der Waals surface area (Å²) < 4.78 is 55.2. The second-order valence-corrected chi connectivity index (χ2v) is 5.79. The van der Waals surface area contributed by atoms with Gasteiger partial charge < -0.3 is 0 Å². The summed E-state index contributed by atoms with van der Waals surface area (Å²) in [5.74, 6) is -6.82. The molecule has 4 heteroatoms. The summed E-state index contributed by atoms with van der Waals surface area (Å²) in [6, 6.07) is 0. The van der Waals surface area contributed by atoms with Crippen molar-refractivity contribution in [1.82, 2.24) is 0 Å². The monoisotopic (exact) mass is 204 g/mol. The fourth-order valence-corrected chi connectivity index (χ4v) is 5.59. The number of fused-ring (bicyclic) bond motifs is 1. The van der Waals surface area contributed by atoms with E-state index in [4.69, 9.17) is 0 Å². The minimum atomic E-state index is -3.04. The van der Waals surface area contributed by atoms with Crippen molar-refractivity contribution in [1.29, 1.82) is 0 Å². The Hall–Kier alpha value is -0.280. The van der Waals surface area contributed by atoms with Gasteiger partial charge in [-0.15, -0.1) is 0 Å². The molecule has 0 radical (unpaired) electrons. The predicted octanol–water partition coefficient (Wildman–Crippen LogP) is 2.19. The van der Waals surface area contributed by atoms with Gasteiger partial charge in [0.05, 0.1) is 11.8 Å². The van der Waals surface area contributed by atoms with E-state index in [0.29, 0.717) is 6.42 Å². The molecule has 0 aromatic carbocycles. The van der Waals surface area contributed by atoms with Crippen molar-refractivity contribution in [3.8, 4) is 0 Å². The molecule has 6 fully saturated rings. The van der Waals surface area contributed by atoms with Gasteiger partial charge >= 0.3 is 0 Å². The molecule has 14 heavy (non-hydrogen) atoms. The summed E-state index contributed by atoms with van der Waals surface area (Å²) in [7, 11) is 0. The fourth-order valence-electron chi connectivity index (χ4n) is 5.59. The fraction of sp³-hybridized carbons (Fsp3) is 1.00. The zero-order valence-corrected chi connectivity index (χ0v) is 7.18. The second kappa shape index (κ2) is 1.30. The van der Waals surface area contributed by atoms with Gasteiger partial charge in [-0.25, -0.2) is 17.6 Å². The maximum atomic E-state index is 14.4. The van der Waals surface area contributed by atoms with Crippen LogP contribution in [0.25, 0.3) is 0 Å². The van der Waals surface area contributed by atoms with Crippen molar-refractivity contribution >= 4 is 0 Å². The van der Waals surface area contributed by atoms with E-state index in [9.17, 15) is 17.6 Å². The normalized spacial score (nSPS) is 83.1. The molecule has 0 heterocycles. The smallest absolute Gasteiger partial charge is 0.243 e. The summed E-state index contributed by atoms with van der Waals surface area (Å²) in [6.45, 7) is 0. The van der Waals surface area contributed by atoms with Crippen LogP contribution in [0.5, 0.6) is 0 Å². The van der Waals surface area contributed by atoms with Gasteiger partial charge in [0, 0.05) is 17.8 Å². The zero-order chi connectivity index (χ0) is 9.67. The number of hydrogen-bond donors (Lipinski definition) is 0. The first-order valence-corrected chi connectivity index (χ1v) is 5.22. The third kappa shape index (κ3) is 0.332. The van der Waals surface area contributed by atoms with E-state index in [2.05, 4.69) is 0 Å². The lowest BCUT2D eigenvalue weighted by Gasteiger charge is -2.26. The highest BCUT2D eigenvalue weighted by Gasteiger charge is 3.05. The van der Waals surface area contributed by atoms with E-state index >= 15 is 0 Å². The van der Waals surface area contributed by atoms with E-state index in [1.54, 1.807) is 0 Å². The maximum absolute atomic E-state index is 14.4. The topological polar surface area (TPSA) is 0 Å². The minimum Gasteiger partial charge on any atom is -0.243 e. The summed E-state index contributed by atoms with van der Waals surface area (Å²) in [4.78, 5) is 0. The molecule has 0 spiro atoms. The summed E-state index contributed by atoms with van der Waals surface area (Å²) in [5, 5.41) is 0. The van der Waals surface area contributed by atoms with E-state index < -0.39 is 35.0 Å². The quantitative estimate of drug-likeness (QED) is 0.530. The number of hydrogen-bond acceptors (Lipinski definition) is 0. The molecule has 6 unspecified atom stereocenters. The second-order valence-electron chi connectivity index (χ2n) is 5.79. The Morgan fingerprint density at radius 3 is 1.79 bits per heavy atom. The van der Waals surface area contributed by atoms with Gasteiger partial charge in [-0.05, 0) is 12.3 Å². The molecule has 6 rings (SSSR count). The Kier molecular flexibility index (Phi) is 0.654. The Bertz CT molecular complexity index is 362. The highest BCUT2D eigenvalue weighted by molar-refractivity contribution is 5.49. The Labute approximate surface area is 77.7 Å². The molecule has 6 aliphatic carbocycles. The maximum Gasteiger partial charge on any atom is 0.261 e.